The number of thiazole rings is 1. The topological polar surface area (TPSA) is 105 Å². The van der Waals surface area contributed by atoms with Crippen LogP contribution in [0.3, 0.4) is 0 Å². The van der Waals surface area contributed by atoms with Gasteiger partial charge in [0.05, 0.1) is 36.9 Å². The summed E-state index contributed by atoms with van der Waals surface area (Å²) in [5, 5.41) is 14.2. The monoisotopic (exact) mass is 330 g/mol. The van der Waals surface area contributed by atoms with Gasteiger partial charge in [-0.25, -0.2) is 13.4 Å². The Hall–Kier alpha value is -1.78. The molecule has 2 heterocycles. The maximum atomic E-state index is 12.3. The zero-order valence-corrected chi connectivity index (χ0v) is 12.8. The normalized spacial score (nSPS) is 11.9. The zero-order valence-electron chi connectivity index (χ0n) is 11.2. The minimum Gasteiger partial charge on any atom is -0.481 e. The summed E-state index contributed by atoms with van der Waals surface area (Å²) in [6.45, 7) is 0.298. The minimum absolute atomic E-state index is 0.0330. The van der Waals surface area contributed by atoms with E-state index in [-0.39, 0.29) is 24.4 Å². The Morgan fingerprint density at radius 2 is 2.29 bits per heavy atom. The van der Waals surface area contributed by atoms with Gasteiger partial charge in [-0.1, -0.05) is 0 Å². The Morgan fingerprint density at radius 3 is 2.90 bits per heavy atom. The molecule has 0 aromatic carbocycles. The first kappa shape index (κ1) is 15.6. The summed E-state index contributed by atoms with van der Waals surface area (Å²) in [6.07, 6.45) is 2.43. The van der Waals surface area contributed by atoms with Crippen molar-refractivity contribution in [2.45, 2.75) is 24.4 Å². The molecule has 21 heavy (non-hydrogen) atoms. The number of carbonyl (C=O) groups is 1. The first-order valence-corrected chi connectivity index (χ1v) is 8.35. The highest BCUT2D eigenvalue weighted by Gasteiger charge is 2.23. The Kier molecular flexibility index (Phi) is 4.70. The van der Waals surface area contributed by atoms with Crippen LogP contribution in [-0.4, -0.2) is 45.6 Å². The lowest BCUT2D eigenvalue weighted by atomic mass is 10.4. The van der Waals surface area contributed by atoms with Crippen LogP contribution in [0.15, 0.2) is 28.2 Å². The smallest absolute Gasteiger partial charge is 0.305 e. The second kappa shape index (κ2) is 6.33. The molecule has 0 atom stereocenters. The first-order chi connectivity index (χ1) is 9.89. The van der Waals surface area contributed by atoms with Gasteiger partial charge in [-0.15, -0.1) is 11.3 Å². The van der Waals surface area contributed by atoms with Crippen LogP contribution in [0.2, 0.25) is 0 Å². The molecule has 1 N–H and O–H groups in total. The Labute approximate surface area is 125 Å². The number of hydrogen-bond donors (Lipinski definition) is 1. The van der Waals surface area contributed by atoms with Crippen molar-refractivity contribution in [3.63, 3.8) is 0 Å². The number of hydrogen-bond acceptors (Lipinski definition) is 6. The van der Waals surface area contributed by atoms with Gasteiger partial charge in [0, 0.05) is 18.6 Å². The van der Waals surface area contributed by atoms with E-state index in [0.717, 1.165) is 0 Å². The van der Waals surface area contributed by atoms with Gasteiger partial charge in [0.25, 0.3) is 0 Å². The number of carboxylic acid groups (broad SMARTS) is 1. The molecule has 0 aliphatic rings. The van der Waals surface area contributed by atoms with Crippen molar-refractivity contribution >= 4 is 27.3 Å². The lowest BCUT2D eigenvalue weighted by molar-refractivity contribution is -0.137. The summed E-state index contributed by atoms with van der Waals surface area (Å²) in [6, 6.07) is 0. The molecule has 0 saturated carbocycles. The third-order valence-corrected chi connectivity index (χ3v) is 5.13. The number of aromatic nitrogens is 3. The van der Waals surface area contributed by atoms with E-state index in [4.69, 9.17) is 5.11 Å². The van der Waals surface area contributed by atoms with E-state index in [2.05, 4.69) is 10.1 Å². The Morgan fingerprint density at radius 1 is 1.52 bits per heavy atom. The summed E-state index contributed by atoms with van der Waals surface area (Å²) >= 11 is 1.40. The van der Waals surface area contributed by atoms with Crippen LogP contribution in [0.25, 0.3) is 0 Å². The number of aliphatic carboxylic acids is 1. The second-order valence-corrected chi connectivity index (χ2v) is 7.09. The van der Waals surface area contributed by atoms with E-state index in [1.165, 1.54) is 39.8 Å². The minimum atomic E-state index is -3.67. The fourth-order valence-corrected chi connectivity index (χ4v) is 3.27. The maximum Gasteiger partial charge on any atom is 0.305 e. The van der Waals surface area contributed by atoms with Crippen molar-refractivity contribution in [1.29, 1.82) is 0 Å². The van der Waals surface area contributed by atoms with Gasteiger partial charge in [0.1, 0.15) is 4.90 Å². The maximum absolute atomic E-state index is 12.3. The molecule has 0 radical (unpaired) electrons. The largest absolute Gasteiger partial charge is 0.481 e. The number of aryl methyl sites for hydroxylation is 1. The molecule has 0 amide bonds. The lowest BCUT2D eigenvalue weighted by Crippen LogP contribution is -2.26. The summed E-state index contributed by atoms with van der Waals surface area (Å²) in [5.41, 5.74) is 2.31. The van der Waals surface area contributed by atoms with Gasteiger partial charge >= 0.3 is 5.97 Å². The molecule has 0 aliphatic carbocycles. The molecule has 2 aromatic heterocycles. The van der Waals surface area contributed by atoms with Crippen LogP contribution in [0.5, 0.6) is 0 Å². The molecule has 0 spiro atoms. The predicted molar refractivity (Wildman–Crippen MR) is 75.2 cm³/mol. The van der Waals surface area contributed by atoms with Crippen molar-refractivity contribution in [1.82, 2.24) is 19.1 Å². The Balaban J connectivity index is 2.10. The van der Waals surface area contributed by atoms with Crippen molar-refractivity contribution < 1.29 is 18.3 Å². The highest BCUT2D eigenvalue weighted by molar-refractivity contribution is 7.89. The van der Waals surface area contributed by atoms with Crippen LogP contribution in [0.1, 0.15) is 12.1 Å². The SMILES string of the molecule is CN(Cc1cscn1)S(=O)(=O)c1cnn(CCC(=O)O)c1. The number of sulfonamides is 1. The van der Waals surface area contributed by atoms with E-state index in [9.17, 15) is 13.2 Å². The first-order valence-electron chi connectivity index (χ1n) is 5.97. The summed E-state index contributed by atoms with van der Waals surface area (Å²) in [5.74, 6) is -0.962. The third kappa shape index (κ3) is 3.86. The van der Waals surface area contributed by atoms with Crippen LogP contribution in [0.4, 0.5) is 0 Å². The molecule has 0 bridgehead atoms. The molecule has 114 valence electrons. The van der Waals surface area contributed by atoms with Crippen LogP contribution in [0, 0.1) is 0 Å². The van der Waals surface area contributed by atoms with Crippen molar-refractivity contribution in [2.24, 2.45) is 0 Å². The van der Waals surface area contributed by atoms with Crippen molar-refractivity contribution in [3.05, 3.63) is 29.0 Å². The molecule has 0 fully saturated rings. The van der Waals surface area contributed by atoms with Gasteiger partial charge < -0.3 is 5.11 Å². The van der Waals surface area contributed by atoms with Crippen molar-refractivity contribution in [3.8, 4) is 0 Å². The van der Waals surface area contributed by atoms with E-state index >= 15 is 0 Å². The molecule has 8 nitrogen and oxygen atoms in total. The average Bonchev–Trinajstić information content (AvgIpc) is 3.07. The molecule has 0 aliphatic heterocycles. The third-order valence-electron chi connectivity index (χ3n) is 2.74. The summed E-state index contributed by atoms with van der Waals surface area (Å²) < 4.78 is 27.2. The van der Waals surface area contributed by atoms with E-state index < -0.39 is 16.0 Å². The van der Waals surface area contributed by atoms with Gasteiger partial charge in [-0.3, -0.25) is 9.48 Å². The molecular weight excluding hydrogens is 316 g/mol. The second-order valence-electron chi connectivity index (χ2n) is 4.32. The van der Waals surface area contributed by atoms with E-state index in [0.29, 0.717) is 5.69 Å². The molecule has 10 heteroatoms. The van der Waals surface area contributed by atoms with E-state index in [1.54, 1.807) is 10.9 Å². The summed E-state index contributed by atoms with van der Waals surface area (Å²) in [7, 11) is -2.20. The van der Waals surface area contributed by atoms with Crippen LogP contribution >= 0.6 is 11.3 Å². The molecule has 2 aromatic rings. The molecule has 2 rings (SSSR count). The van der Waals surface area contributed by atoms with Gasteiger partial charge in [0.2, 0.25) is 10.0 Å². The molecular formula is C11H14N4O4S2. The highest BCUT2D eigenvalue weighted by atomic mass is 32.2. The molecule has 0 saturated heterocycles. The fourth-order valence-electron chi connectivity index (χ4n) is 1.62. The van der Waals surface area contributed by atoms with E-state index in [1.807, 2.05) is 0 Å². The number of nitrogens with zero attached hydrogens (tertiary/aromatic N) is 4. The van der Waals surface area contributed by atoms with Crippen LogP contribution < -0.4 is 0 Å². The standard InChI is InChI=1S/C11H14N4O4S2/c1-14(5-9-7-20-8-12-9)21(18,19)10-4-13-15(6-10)3-2-11(16)17/h4,6-8H,2-3,5H2,1H3,(H,16,17). The lowest BCUT2D eigenvalue weighted by Gasteiger charge is -2.14. The number of rotatable bonds is 7. The van der Waals surface area contributed by atoms with Crippen molar-refractivity contribution in [2.75, 3.05) is 7.05 Å². The quantitative estimate of drug-likeness (QED) is 0.798. The predicted octanol–water partition coefficient (Wildman–Crippen LogP) is 0.635. The summed E-state index contributed by atoms with van der Waals surface area (Å²) in [4.78, 5) is 14.6. The highest BCUT2D eigenvalue weighted by Crippen LogP contribution is 2.16. The van der Waals surface area contributed by atoms with Gasteiger partial charge in [0.15, 0.2) is 0 Å². The molecule has 0 unspecified atom stereocenters. The number of carboxylic acids is 1. The van der Waals surface area contributed by atoms with Crippen LogP contribution in [-0.2, 0) is 27.9 Å². The zero-order chi connectivity index (χ0) is 15.5. The van der Waals surface area contributed by atoms with Gasteiger partial charge in [-0.05, 0) is 0 Å². The average molecular weight is 330 g/mol. The Bertz CT molecular complexity index is 708. The van der Waals surface area contributed by atoms with Gasteiger partial charge in [-0.2, -0.15) is 9.40 Å². The fraction of sp³-hybridized carbons (Fsp3) is 0.364.